The first-order valence-corrected chi connectivity index (χ1v) is 8.52. The Morgan fingerprint density at radius 1 is 1.35 bits per heavy atom. The van der Waals surface area contributed by atoms with Gasteiger partial charge in [0.2, 0.25) is 0 Å². The summed E-state index contributed by atoms with van der Waals surface area (Å²) in [6.07, 6.45) is 3.42. The third-order valence-corrected chi connectivity index (χ3v) is 4.97. The predicted octanol–water partition coefficient (Wildman–Crippen LogP) is 3.27. The van der Waals surface area contributed by atoms with Crippen LogP contribution in [-0.2, 0) is 4.79 Å². The fourth-order valence-electron chi connectivity index (χ4n) is 3.51. The highest BCUT2D eigenvalue weighted by atomic mass is 35.5. The first-order chi connectivity index (χ1) is 10.7. The molecule has 2 heterocycles. The Morgan fingerprint density at radius 2 is 2.09 bits per heavy atom. The number of fused-ring (bicyclic) bond motifs is 2. The third kappa shape index (κ3) is 3.93. The summed E-state index contributed by atoms with van der Waals surface area (Å²) in [4.78, 5) is 15.1. The molecule has 2 aliphatic heterocycles. The normalized spacial score (nSPS) is 24.5. The molecule has 0 aromatic heterocycles. The first kappa shape index (κ1) is 18.4. The topological polar surface area (TPSA) is 41.6 Å². The molecule has 2 saturated heterocycles. The van der Waals surface area contributed by atoms with Crippen LogP contribution in [0.4, 0.5) is 0 Å². The van der Waals surface area contributed by atoms with Crippen molar-refractivity contribution >= 4 is 29.9 Å². The largest absolute Gasteiger partial charge is 0.479 e. The highest BCUT2D eigenvalue weighted by Gasteiger charge is 2.40. The van der Waals surface area contributed by atoms with Crippen molar-refractivity contribution in [1.29, 1.82) is 0 Å². The molecule has 2 bridgehead atoms. The van der Waals surface area contributed by atoms with Crippen LogP contribution in [0.15, 0.2) is 24.3 Å². The molecular weight excluding hydrogens is 335 g/mol. The number of amides is 1. The van der Waals surface area contributed by atoms with Crippen LogP contribution in [0.5, 0.6) is 5.75 Å². The van der Waals surface area contributed by atoms with Gasteiger partial charge in [-0.25, -0.2) is 0 Å². The number of nitrogens with zero attached hydrogens (tertiary/aromatic N) is 1. The molecule has 1 aromatic carbocycles. The lowest BCUT2D eigenvalue weighted by molar-refractivity contribution is -0.141. The van der Waals surface area contributed by atoms with Crippen molar-refractivity contribution in [3.05, 3.63) is 29.3 Å². The Morgan fingerprint density at radius 3 is 2.83 bits per heavy atom. The van der Waals surface area contributed by atoms with Gasteiger partial charge in [-0.05, 0) is 44.4 Å². The number of carbonyl (C=O) groups excluding carboxylic acids is 1. The van der Waals surface area contributed by atoms with Crippen LogP contribution >= 0.6 is 24.0 Å². The van der Waals surface area contributed by atoms with E-state index in [0.29, 0.717) is 29.3 Å². The molecule has 0 spiro atoms. The van der Waals surface area contributed by atoms with E-state index in [1.54, 1.807) is 6.07 Å². The molecule has 1 N–H and O–H groups in total. The summed E-state index contributed by atoms with van der Waals surface area (Å²) in [6.45, 7) is 3.87. The first-order valence-electron chi connectivity index (χ1n) is 8.14. The van der Waals surface area contributed by atoms with Crippen molar-refractivity contribution in [2.24, 2.45) is 0 Å². The van der Waals surface area contributed by atoms with Gasteiger partial charge in [-0.3, -0.25) is 4.79 Å². The minimum absolute atomic E-state index is 0. The van der Waals surface area contributed by atoms with Gasteiger partial charge in [0.25, 0.3) is 5.91 Å². The number of para-hydroxylation sites is 1. The van der Waals surface area contributed by atoms with Crippen LogP contribution < -0.4 is 10.1 Å². The van der Waals surface area contributed by atoms with E-state index in [1.165, 1.54) is 0 Å². The Hall–Kier alpha value is -0.970. The van der Waals surface area contributed by atoms with Crippen molar-refractivity contribution < 1.29 is 9.53 Å². The second-order valence-corrected chi connectivity index (χ2v) is 6.48. The van der Waals surface area contributed by atoms with Crippen LogP contribution in [-0.4, -0.2) is 42.1 Å². The van der Waals surface area contributed by atoms with Gasteiger partial charge in [0.1, 0.15) is 5.75 Å². The monoisotopic (exact) mass is 358 g/mol. The molecule has 0 aliphatic carbocycles. The summed E-state index contributed by atoms with van der Waals surface area (Å²) >= 11 is 6.15. The Kier molecular flexibility index (Phi) is 6.57. The minimum atomic E-state index is -0.457. The third-order valence-electron chi connectivity index (χ3n) is 4.66. The van der Waals surface area contributed by atoms with Gasteiger partial charge in [0.15, 0.2) is 6.10 Å². The Balaban J connectivity index is 0.00000192. The van der Waals surface area contributed by atoms with Crippen molar-refractivity contribution in [3.63, 3.8) is 0 Å². The van der Waals surface area contributed by atoms with E-state index >= 15 is 0 Å². The molecule has 4 nitrogen and oxygen atoms in total. The second-order valence-electron chi connectivity index (χ2n) is 6.07. The molecule has 1 amide bonds. The van der Waals surface area contributed by atoms with E-state index in [2.05, 4.69) is 10.2 Å². The molecule has 3 unspecified atom stereocenters. The lowest BCUT2D eigenvalue weighted by Gasteiger charge is -2.31. The van der Waals surface area contributed by atoms with E-state index in [1.807, 2.05) is 25.1 Å². The highest BCUT2D eigenvalue weighted by molar-refractivity contribution is 6.32. The van der Waals surface area contributed by atoms with Crippen molar-refractivity contribution in [2.45, 2.75) is 50.8 Å². The maximum absolute atomic E-state index is 13.0. The molecule has 23 heavy (non-hydrogen) atoms. The van der Waals surface area contributed by atoms with Gasteiger partial charge < -0.3 is 15.0 Å². The summed E-state index contributed by atoms with van der Waals surface area (Å²) in [6, 6.07) is 8.00. The van der Waals surface area contributed by atoms with Gasteiger partial charge in [0, 0.05) is 18.6 Å². The van der Waals surface area contributed by atoms with E-state index in [9.17, 15) is 4.79 Å². The smallest absolute Gasteiger partial charge is 0.264 e. The summed E-state index contributed by atoms with van der Waals surface area (Å²) in [5.74, 6) is 0.697. The van der Waals surface area contributed by atoms with Crippen LogP contribution in [0.3, 0.4) is 0 Å². The van der Waals surface area contributed by atoms with Gasteiger partial charge in [-0.15, -0.1) is 12.4 Å². The quantitative estimate of drug-likeness (QED) is 0.897. The number of benzene rings is 1. The van der Waals surface area contributed by atoms with Gasteiger partial charge in [0.05, 0.1) is 5.02 Å². The van der Waals surface area contributed by atoms with Gasteiger partial charge in [-0.2, -0.15) is 0 Å². The second kappa shape index (κ2) is 8.22. The fraction of sp³-hybridized carbons (Fsp3) is 0.588. The zero-order chi connectivity index (χ0) is 15.5. The van der Waals surface area contributed by atoms with E-state index in [4.69, 9.17) is 16.3 Å². The SMILES string of the molecule is CCC(Oc1ccccc1Cl)C(=O)N1C2CCNCC1CC2.Cl. The Bertz CT molecular complexity index is 527. The fourth-order valence-corrected chi connectivity index (χ4v) is 3.69. The molecular formula is C17H24Cl2N2O2. The average Bonchev–Trinajstić information content (AvgIpc) is 2.79. The van der Waals surface area contributed by atoms with Crippen LogP contribution in [0.25, 0.3) is 0 Å². The molecule has 2 fully saturated rings. The number of rotatable bonds is 4. The van der Waals surface area contributed by atoms with E-state index in [0.717, 1.165) is 32.4 Å². The Labute approximate surface area is 148 Å². The van der Waals surface area contributed by atoms with Gasteiger partial charge >= 0.3 is 0 Å². The molecule has 2 aliphatic rings. The maximum atomic E-state index is 13.0. The number of halogens is 2. The molecule has 128 valence electrons. The number of carbonyl (C=O) groups is 1. The minimum Gasteiger partial charge on any atom is -0.479 e. The number of nitrogens with one attached hydrogen (secondary N) is 1. The van der Waals surface area contributed by atoms with Crippen LogP contribution in [0.2, 0.25) is 5.02 Å². The van der Waals surface area contributed by atoms with Crippen molar-refractivity contribution in [2.75, 3.05) is 13.1 Å². The molecule has 3 rings (SSSR count). The lowest BCUT2D eigenvalue weighted by Crippen LogP contribution is -2.48. The average molecular weight is 359 g/mol. The van der Waals surface area contributed by atoms with Crippen LogP contribution in [0, 0.1) is 0 Å². The van der Waals surface area contributed by atoms with E-state index in [-0.39, 0.29) is 18.3 Å². The summed E-state index contributed by atoms with van der Waals surface area (Å²) in [7, 11) is 0. The zero-order valence-electron chi connectivity index (χ0n) is 13.3. The lowest BCUT2D eigenvalue weighted by atomic mass is 10.1. The van der Waals surface area contributed by atoms with E-state index < -0.39 is 6.10 Å². The standard InChI is InChI=1S/C17H23ClN2O2.ClH/c1-2-15(22-16-6-4-3-5-14(16)18)17(21)20-12-7-8-13(20)11-19-10-9-12;/h3-6,12-13,15,19H,2,7-11H2,1H3;1H. The predicted molar refractivity (Wildman–Crippen MR) is 94.5 cm³/mol. The maximum Gasteiger partial charge on any atom is 0.264 e. The van der Waals surface area contributed by atoms with Crippen molar-refractivity contribution in [3.8, 4) is 5.75 Å². The molecule has 0 radical (unpaired) electrons. The summed E-state index contributed by atoms with van der Waals surface area (Å²) in [5, 5.41) is 3.97. The highest BCUT2D eigenvalue weighted by Crippen LogP contribution is 2.31. The van der Waals surface area contributed by atoms with Crippen molar-refractivity contribution in [1.82, 2.24) is 10.2 Å². The molecule has 0 saturated carbocycles. The summed E-state index contributed by atoms with van der Waals surface area (Å²) in [5.41, 5.74) is 0. The zero-order valence-corrected chi connectivity index (χ0v) is 14.9. The molecule has 3 atom stereocenters. The number of hydrogen-bond acceptors (Lipinski definition) is 3. The number of hydrogen-bond donors (Lipinski definition) is 1. The molecule has 1 aromatic rings. The number of ether oxygens (including phenoxy) is 1. The van der Waals surface area contributed by atoms with Crippen LogP contribution in [0.1, 0.15) is 32.6 Å². The molecule has 6 heteroatoms. The van der Waals surface area contributed by atoms with Gasteiger partial charge in [-0.1, -0.05) is 30.7 Å². The summed E-state index contributed by atoms with van der Waals surface area (Å²) < 4.78 is 5.93.